The molecule has 0 saturated heterocycles. The molecular weight excluding hydrogens is 603 g/mol. The fraction of sp³-hybridized carbons (Fsp3) is 0.120. The van der Waals surface area contributed by atoms with Crippen molar-refractivity contribution in [2.24, 2.45) is 0 Å². The summed E-state index contributed by atoms with van der Waals surface area (Å²) in [6.45, 7) is 3.84. The number of nitrogens with zero attached hydrogens (tertiary/aromatic N) is 1. The van der Waals surface area contributed by atoms with Crippen LogP contribution < -0.4 is 14.2 Å². The van der Waals surface area contributed by atoms with Gasteiger partial charge in [-0.3, -0.25) is 4.79 Å². The van der Waals surface area contributed by atoms with E-state index in [4.69, 9.17) is 20.5 Å². The van der Waals surface area contributed by atoms with E-state index in [0.29, 0.717) is 19.8 Å². The lowest BCUT2D eigenvalue weighted by atomic mass is 10.1. The van der Waals surface area contributed by atoms with Gasteiger partial charge in [-0.15, -0.1) is 0 Å². The summed E-state index contributed by atoms with van der Waals surface area (Å²) in [7, 11) is -4.11. The van der Waals surface area contributed by atoms with Gasteiger partial charge in [0, 0.05) is 10.7 Å². The molecule has 3 aromatic carbocycles. The summed E-state index contributed by atoms with van der Waals surface area (Å²) in [5, 5.41) is 12.7. The van der Waals surface area contributed by atoms with Crippen LogP contribution in [0.3, 0.4) is 0 Å². The number of hydrogen-bond donors (Lipinski definition) is 1. The number of aryl methyl sites for hydroxylation is 1. The minimum absolute atomic E-state index is 0.0101. The Morgan fingerprint density at radius 3 is 2.40 bits per heavy atom. The van der Waals surface area contributed by atoms with Crippen LogP contribution >= 0.6 is 34.2 Å². The maximum atomic E-state index is 12.8. The third-order valence-electron chi connectivity index (χ3n) is 4.61. The van der Waals surface area contributed by atoms with Crippen molar-refractivity contribution in [3.63, 3.8) is 0 Å². The number of carbonyl (C=O) groups excluding carboxylic acids is 1. The van der Waals surface area contributed by atoms with Crippen LogP contribution in [0.1, 0.15) is 18.1 Å². The summed E-state index contributed by atoms with van der Waals surface area (Å²) in [5.74, 6) is -0.420. The highest BCUT2D eigenvalue weighted by Gasteiger charge is 2.22. The maximum absolute atomic E-state index is 12.8. The molecule has 0 unspecified atom stereocenters. The van der Waals surface area contributed by atoms with Gasteiger partial charge in [0.25, 0.3) is 5.91 Å². The quantitative estimate of drug-likeness (QED) is 0.144. The van der Waals surface area contributed by atoms with Crippen molar-refractivity contribution in [1.29, 1.82) is 5.26 Å². The molecule has 1 amide bonds. The number of carbonyl (C=O) groups is 1. The van der Waals surface area contributed by atoms with Crippen molar-refractivity contribution in [3.05, 3.63) is 86.0 Å². The van der Waals surface area contributed by atoms with Crippen molar-refractivity contribution in [2.75, 3.05) is 11.9 Å². The Bertz CT molecular complexity index is 1410. The van der Waals surface area contributed by atoms with Crippen LogP contribution in [0.25, 0.3) is 6.08 Å². The lowest BCUT2D eigenvalue weighted by molar-refractivity contribution is -0.112. The Balaban J connectivity index is 1.93. The molecule has 0 aliphatic carbocycles. The molecule has 0 spiro atoms. The topological polar surface area (TPSA) is 105 Å². The van der Waals surface area contributed by atoms with Gasteiger partial charge in [-0.25, -0.2) is 0 Å². The monoisotopic (exact) mass is 622 g/mol. The largest absolute Gasteiger partial charge is 0.490 e. The highest BCUT2D eigenvalue weighted by molar-refractivity contribution is 14.1. The number of amides is 1. The van der Waals surface area contributed by atoms with Gasteiger partial charge in [0.1, 0.15) is 16.5 Å². The number of nitriles is 1. The Hall–Kier alpha value is -3.07. The van der Waals surface area contributed by atoms with Gasteiger partial charge in [0.05, 0.1) is 10.2 Å². The SMILES string of the molecule is CCOc1cc(/C=C(/C#N)C(=O)Nc2ccc(Cl)cc2)cc(I)c1OS(=O)(=O)c1ccc(C)cc1. The first-order valence-corrected chi connectivity index (χ1v) is 13.2. The number of rotatable bonds is 8. The number of anilines is 1. The van der Waals surface area contributed by atoms with Crippen LogP contribution in [0.15, 0.2) is 71.1 Å². The number of ether oxygens (including phenoxy) is 1. The molecule has 0 fully saturated rings. The molecule has 0 aliphatic heterocycles. The lowest BCUT2D eigenvalue weighted by Crippen LogP contribution is -2.13. The van der Waals surface area contributed by atoms with Crippen molar-refractivity contribution >= 4 is 62.0 Å². The normalized spacial score (nSPS) is 11.5. The van der Waals surface area contributed by atoms with E-state index < -0.39 is 16.0 Å². The molecule has 1 N–H and O–H groups in total. The van der Waals surface area contributed by atoms with Crippen molar-refractivity contribution in [1.82, 2.24) is 0 Å². The molecule has 0 saturated carbocycles. The Labute approximate surface area is 222 Å². The summed E-state index contributed by atoms with van der Waals surface area (Å²) in [6.07, 6.45) is 1.38. The first-order chi connectivity index (χ1) is 16.6. The Morgan fingerprint density at radius 1 is 1.14 bits per heavy atom. The third-order valence-corrected chi connectivity index (χ3v) is 6.90. The zero-order chi connectivity index (χ0) is 25.6. The van der Waals surface area contributed by atoms with Gasteiger partial charge in [-0.05, 0) is 96.6 Å². The molecule has 180 valence electrons. The smallest absolute Gasteiger partial charge is 0.339 e. The second-order valence-corrected chi connectivity index (χ2v) is 10.4. The standard InChI is InChI=1S/C25H20ClIN2O5S/c1-3-33-23-14-17(12-18(15-28)25(30)29-20-8-6-19(26)7-9-20)13-22(27)24(23)34-35(31,32)21-10-4-16(2)5-11-21/h4-14H,3H2,1-2H3,(H,29,30)/b18-12-. The second-order valence-electron chi connectivity index (χ2n) is 7.24. The molecule has 35 heavy (non-hydrogen) atoms. The molecule has 0 aromatic heterocycles. The first kappa shape index (κ1) is 26.5. The molecule has 0 aliphatic rings. The van der Waals surface area contributed by atoms with E-state index in [2.05, 4.69) is 5.32 Å². The molecule has 0 atom stereocenters. The van der Waals surface area contributed by atoms with Crippen molar-refractivity contribution < 1.29 is 22.1 Å². The molecular formula is C25H20ClIN2O5S. The third kappa shape index (κ3) is 6.97. The fourth-order valence-corrected chi connectivity index (χ4v) is 4.89. The van der Waals surface area contributed by atoms with Crippen LogP contribution in [0.5, 0.6) is 11.5 Å². The van der Waals surface area contributed by atoms with Gasteiger partial charge < -0.3 is 14.2 Å². The predicted molar refractivity (Wildman–Crippen MR) is 143 cm³/mol. The van der Waals surface area contributed by atoms with Gasteiger partial charge in [-0.2, -0.15) is 13.7 Å². The molecule has 0 radical (unpaired) electrons. The minimum atomic E-state index is -4.11. The predicted octanol–water partition coefficient (Wildman–Crippen LogP) is 5.97. The van der Waals surface area contributed by atoms with E-state index >= 15 is 0 Å². The van der Waals surface area contributed by atoms with Crippen molar-refractivity contribution in [2.45, 2.75) is 18.7 Å². The lowest BCUT2D eigenvalue weighted by Gasteiger charge is -2.15. The minimum Gasteiger partial charge on any atom is -0.490 e. The zero-order valence-corrected chi connectivity index (χ0v) is 22.4. The first-order valence-electron chi connectivity index (χ1n) is 10.3. The molecule has 10 heteroatoms. The molecule has 0 heterocycles. The molecule has 3 aromatic rings. The average Bonchev–Trinajstić information content (AvgIpc) is 2.81. The zero-order valence-electron chi connectivity index (χ0n) is 18.7. The van der Waals surface area contributed by atoms with Crippen LogP contribution in [0, 0.1) is 21.8 Å². The number of nitrogens with one attached hydrogen (secondary N) is 1. The van der Waals surface area contributed by atoms with Gasteiger partial charge in [-0.1, -0.05) is 29.3 Å². The maximum Gasteiger partial charge on any atom is 0.339 e. The van der Waals surface area contributed by atoms with E-state index in [0.717, 1.165) is 5.56 Å². The number of hydrogen-bond acceptors (Lipinski definition) is 6. The fourth-order valence-electron chi connectivity index (χ4n) is 2.92. The van der Waals surface area contributed by atoms with Gasteiger partial charge in [0.15, 0.2) is 11.5 Å². The molecule has 3 rings (SSSR count). The van der Waals surface area contributed by atoms with Gasteiger partial charge in [0.2, 0.25) is 0 Å². The van der Waals surface area contributed by atoms with Crippen molar-refractivity contribution in [3.8, 4) is 17.6 Å². The van der Waals surface area contributed by atoms with Crippen LogP contribution in [-0.4, -0.2) is 20.9 Å². The van der Waals surface area contributed by atoms with E-state index in [1.54, 1.807) is 49.4 Å². The second kappa shape index (κ2) is 11.6. The van der Waals surface area contributed by atoms with E-state index in [-0.39, 0.29) is 28.6 Å². The summed E-state index contributed by atoms with van der Waals surface area (Å²) < 4.78 is 37.1. The number of benzene rings is 3. The Morgan fingerprint density at radius 2 is 1.80 bits per heavy atom. The van der Waals surface area contributed by atoms with Crippen LogP contribution in [0.2, 0.25) is 5.02 Å². The van der Waals surface area contributed by atoms with Gasteiger partial charge >= 0.3 is 10.1 Å². The Kier molecular flexibility index (Phi) is 8.77. The molecule has 7 nitrogen and oxygen atoms in total. The summed E-state index contributed by atoms with van der Waals surface area (Å²) in [6, 6.07) is 17.7. The van der Waals surface area contributed by atoms with E-state index in [1.807, 2.05) is 35.6 Å². The summed E-state index contributed by atoms with van der Waals surface area (Å²) in [5.41, 5.74) is 1.70. The van der Waals surface area contributed by atoms with E-state index in [1.165, 1.54) is 24.3 Å². The van der Waals surface area contributed by atoms with Crippen LogP contribution in [0.4, 0.5) is 5.69 Å². The number of halogens is 2. The average molecular weight is 623 g/mol. The summed E-state index contributed by atoms with van der Waals surface area (Å²) in [4.78, 5) is 12.6. The molecule has 0 bridgehead atoms. The summed E-state index contributed by atoms with van der Waals surface area (Å²) >= 11 is 7.78. The van der Waals surface area contributed by atoms with E-state index in [9.17, 15) is 18.5 Å². The van der Waals surface area contributed by atoms with Crippen LogP contribution in [-0.2, 0) is 14.9 Å². The highest BCUT2D eigenvalue weighted by atomic mass is 127. The highest BCUT2D eigenvalue weighted by Crippen LogP contribution is 2.37.